The molecule has 0 unspecified atom stereocenters. The van der Waals surface area contributed by atoms with Crippen LogP contribution in [0.1, 0.15) is 43.2 Å². The van der Waals surface area contributed by atoms with Crippen LogP contribution in [0.2, 0.25) is 0 Å². The summed E-state index contributed by atoms with van der Waals surface area (Å²) < 4.78 is 1.31. The zero-order valence-electron chi connectivity index (χ0n) is 17.1. The summed E-state index contributed by atoms with van der Waals surface area (Å²) >= 11 is 0. The van der Waals surface area contributed by atoms with Crippen LogP contribution in [0.25, 0.3) is 10.8 Å². The molecule has 0 bridgehead atoms. The Balaban J connectivity index is 1.91. The van der Waals surface area contributed by atoms with Crippen molar-refractivity contribution < 1.29 is 9.59 Å². The van der Waals surface area contributed by atoms with Gasteiger partial charge in [-0.2, -0.15) is 10.2 Å². The van der Waals surface area contributed by atoms with Crippen LogP contribution in [0.3, 0.4) is 0 Å². The number of rotatable bonds is 6. The van der Waals surface area contributed by atoms with Gasteiger partial charge in [-0.3, -0.25) is 14.4 Å². The lowest BCUT2D eigenvalue weighted by molar-refractivity contribution is -0.114. The lowest BCUT2D eigenvalue weighted by atomic mass is 10.1. The highest BCUT2D eigenvalue weighted by Crippen LogP contribution is 2.14. The number of aromatic nitrogens is 2. The number of benzene rings is 2. The fourth-order valence-electron chi connectivity index (χ4n) is 3.04. The second-order valence-corrected chi connectivity index (χ2v) is 6.82. The highest BCUT2D eigenvalue weighted by Gasteiger charge is 2.16. The van der Waals surface area contributed by atoms with E-state index >= 15 is 0 Å². The Morgan fingerprint density at radius 1 is 1.07 bits per heavy atom. The van der Waals surface area contributed by atoms with E-state index in [0.717, 1.165) is 5.56 Å². The Morgan fingerprint density at radius 3 is 2.50 bits per heavy atom. The Bertz CT molecular complexity index is 1200. The van der Waals surface area contributed by atoms with Crippen molar-refractivity contribution in [3.63, 3.8) is 0 Å². The third-order valence-corrected chi connectivity index (χ3v) is 4.44. The van der Waals surface area contributed by atoms with Gasteiger partial charge in [-0.15, -0.1) is 0 Å². The summed E-state index contributed by atoms with van der Waals surface area (Å²) in [5.74, 6) is -0.677. The molecule has 0 radical (unpaired) electrons. The number of carbonyl (C=O) groups is 2. The third-order valence-electron chi connectivity index (χ3n) is 4.44. The van der Waals surface area contributed by atoms with E-state index in [-0.39, 0.29) is 17.2 Å². The smallest absolute Gasteiger partial charge is 0.292 e. The molecule has 0 fully saturated rings. The van der Waals surface area contributed by atoms with Crippen molar-refractivity contribution in [3.05, 3.63) is 70.1 Å². The lowest BCUT2D eigenvalue weighted by Gasteiger charge is -2.10. The van der Waals surface area contributed by atoms with Crippen LogP contribution in [-0.4, -0.2) is 27.3 Å². The van der Waals surface area contributed by atoms with Gasteiger partial charge in [0.2, 0.25) is 5.91 Å². The molecule has 3 rings (SSSR count). The van der Waals surface area contributed by atoms with Gasteiger partial charge >= 0.3 is 0 Å². The van der Waals surface area contributed by atoms with Crippen LogP contribution in [0.15, 0.2) is 58.4 Å². The Hall–Kier alpha value is -3.81. The van der Waals surface area contributed by atoms with Gasteiger partial charge in [0, 0.05) is 24.5 Å². The van der Waals surface area contributed by atoms with E-state index in [9.17, 15) is 14.4 Å². The first-order valence-corrected chi connectivity index (χ1v) is 9.63. The molecule has 8 nitrogen and oxygen atoms in total. The van der Waals surface area contributed by atoms with E-state index in [1.54, 1.807) is 49.4 Å². The molecule has 1 aromatic heterocycles. The van der Waals surface area contributed by atoms with Gasteiger partial charge in [0.15, 0.2) is 5.69 Å². The highest BCUT2D eigenvalue weighted by atomic mass is 16.2. The number of nitrogens with one attached hydrogen (secondary N) is 2. The van der Waals surface area contributed by atoms with Crippen LogP contribution in [-0.2, 0) is 11.3 Å². The van der Waals surface area contributed by atoms with Gasteiger partial charge in [0.1, 0.15) is 0 Å². The Kier molecular flexibility index (Phi) is 6.36. The molecule has 0 spiro atoms. The van der Waals surface area contributed by atoms with E-state index in [2.05, 4.69) is 20.9 Å². The van der Waals surface area contributed by atoms with Crippen LogP contribution >= 0.6 is 0 Å². The molecule has 0 aliphatic carbocycles. The maximum Gasteiger partial charge on any atom is 0.292 e. The van der Waals surface area contributed by atoms with Crippen molar-refractivity contribution in [3.8, 4) is 0 Å². The summed E-state index contributed by atoms with van der Waals surface area (Å²) in [5, 5.41) is 12.1. The molecule has 2 amide bonds. The molecule has 2 aromatic carbocycles. The predicted molar refractivity (Wildman–Crippen MR) is 117 cm³/mol. The topological polar surface area (TPSA) is 105 Å². The number of amides is 2. The summed E-state index contributed by atoms with van der Waals surface area (Å²) in [4.78, 5) is 36.6. The summed E-state index contributed by atoms with van der Waals surface area (Å²) in [7, 11) is 0. The zero-order chi connectivity index (χ0) is 21.7. The van der Waals surface area contributed by atoms with Crippen molar-refractivity contribution in [2.24, 2.45) is 5.10 Å². The zero-order valence-corrected chi connectivity index (χ0v) is 17.1. The Labute approximate surface area is 173 Å². The van der Waals surface area contributed by atoms with E-state index < -0.39 is 5.91 Å². The first kappa shape index (κ1) is 20.9. The Morgan fingerprint density at radius 2 is 1.80 bits per heavy atom. The number of hydrogen-bond donors (Lipinski definition) is 2. The molecular formula is C22H23N5O3. The minimum absolute atomic E-state index is 0.141. The van der Waals surface area contributed by atoms with Crippen molar-refractivity contribution in [2.45, 2.75) is 33.7 Å². The second-order valence-electron chi connectivity index (χ2n) is 6.82. The molecule has 0 saturated carbocycles. The van der Waals surface area contributed by atoms with E-state index in [1.807, 2.05) is 13.0 Å². The van der Waals surface area contributed by atoms with Gasteiger partial charge in [-0.1, -0.05) is 37.3 Å². The molecule has 3 aromatic rings. The van der Waals surface area contributed by atoms with Gasteiger partial charge in [0.25, 0.3) is 11.5 Å². The molecule has 1 heterocycles. The first-order chi connectivity index (χ1) is 14.4. The average molecular weight is 405 g/mol. The predicted octanol–water partition coefficient (Wildman–Crippen LogP) is 2.92. The van der Waals surface area contributed by atoms with Crippen molar-refractivity contribution in [1.29, 1.82) is 0 Å². The molecule has 2 N–H and O–H groups in total. The second kappa shape index (κ2) is 9.13. The van der Waals surface area contributed by atoms with Crippen LogP contribution in [0.4, 0.5) is 5.69 Å². The molecule has 0 atom stereocenters. The largest absolute Gasteiger partial charge is 0.326 e. The van der Waals surface area contributed by atoms with Gasteiger partial charge in [-0.25, -0.2) is 10.1 Å². The molecule has 8 heteroatoms. The number of fused-ring (bicyclic) bond motifs is 1. The average Bonchev–Trinajstić information content (AvgIpc) is 2.73. The SMILES string of the molecule is CCCn1nc(C(=O)N/N=C(/C)c2cccc(NC(C)=O)c2)c2ccccc2c1=O. The number of hydrazone groups is 1. The normalized spacial score (nSPS) is 11.4. The molecule has 154 valence electrons. The minimum atomic E-state index is -0.506. The molecule has 0 aliphatic heterocycles. The number of nitrogens with zero attached hydrogens (tertiary/aromatic N) is 3. The maximum absolute atomic E-state index is 12.8. The molecule has 0 aliphatic rings. The monoisotopic (exact) mass is 405 g/mol. The molecular weight excluding hydrogens is 382 g/mol. The van der Waals surface area contributed by atoms with E-state index in [1.165, 1.54) is 11.6 Å². The van der Waals surface area contributed by atoms with Crippen LogP contribution in [0, 0.1) is 0 Å². The van der Waals surface area contributed by atoms with Gasteiger partial charge in [-0.05, 0) is 37.1 Å². The summed E-state index contributed by atoms with van der Waals surface area (Å²) in [6, 6.07) is 14.0. The summed E-state index contributed by atoms with van der Waals surface area (Å²) in [6.07, 6.45) is 0.716. The van der Waals surface area contributed by atoms with Crippen molar-refractivity contribution >= 4 is 34.0 Å². The van der Waals surface area contributed by atoms with E-state index in [0.29, 0.717) is 35.1 Å². The summed E-state index contributed by atoms with van der Waals surface area (Å²) in [5.41, 5.74) is 4.38. The number of aryl methyl sites for hydroxylation is 1. The van der Waals surface area contributed by atoms with Gasteiger partial charge in [0.05, 0.1) is 11.1 Å². The first-order valence-electron chi connectivity index (χ1n) is 9.63. The maximum atomic E-state index is 12.8. The quantitative estimate of drug-likeness (QED) is 0.486. The number of carbonyl (C=O) groups excluding carboxylic acids is 2. The fraction of sp³-hybridized carbons (Fsp3) is 0.227. The molecule has 0 saturated heterocycles. The van der Waals surface area contributed by atoms with E-state index in [4.69, 9.17) is 0 Å². The number of hydrogen-bond acceptors (Lipinski definition) is 5. The van der Waals surface area contributed by atoms with Gasteiger partial charge < -0.3 is 5.32 Å². The van der Waals surface area contributed by atoms with Crippen LogP contribution in [0.5, 0.6) is 0 Å². The minimum Gasteiger partial charge on any atom is -0.326 e. The lowest BCUT2D eigenvalue weighted by Crippen LogP contribution is -2.29. The van der Waals surface area contributed by atoms with Crippen LogP contribution < -0.4 is 16.3 Å². The standard InChI is InChI=1S/C22H23N5O3/c1-4-12-27-22(30)19-11-6-5-10-18(19)20(26-27)21(29)25-24-14(2)16-8-7-9-17(13-16)23-15(3)28/h5-11,13H,4,12H2,1-3H3,(H,23,28)(H,25,29)/b24-14-. The highest BCUT2D eigenvalue weighted by molar-refractivity contribution is 6.06. The fourth-order valence-corrected chi connectivity index (χ4v) is 3.04. The summed E-state index contributed by atoms with van der Waals surface area (Å²) in [6.45, 7) is 5.54. The van der Waals surface area contributed by atoms with Crippen molar-refractivity contribution in [2.75, 3.05) is 5.32 Å². The third kappa shape index (κ3) is 4.60. The molecule has 30 heavy (non-hydrogen) atoms. The van der Waals surface area contributed by atoms with Crippen molar-refractivity contribution in [1.82, 2.24) is 15.2 Å². The number of anilines is 1.